The standard InChI is InChI=1S/Bi.O.Pb.H2Te.2H/h;;;1H2;;. The Morgan fingerprint density at radius 1 is 1.25 bits per heavy atom. The van der Waals surface area contributed by atoms with Gasteiger partial charge in [0.25, 0.3) is 0 Å². The van der Waals surface area contributed by atoms with Gasteiger partial charge >= 0.3 is 78.5 Å². The Morgan fingerprint density at radius 3 is 1.25 bits per heavy atom. The predicted molar refractivity (Wildman–Crippen MR) is 23.5 cm³/mol. The van der Waals surface area contributed by atoms with Crippen molar-refractivity contribution in [2.75, 3.05) is 0 Å². The zero-order valence-electron chi connectivity index (χ0n) is 2.06. The van der Waals surface area contributed by atoms with E-state index in [1.54, 1.807) is 0 Å². The summed E-state index contributed by atoms with van der Waals surface area (Å²) in [6, 6.07) is 0. The Morgan fingerprint density at radius 2 is 1.25 bits per heavy atom. The van der Waals surface area contributed by atoms with Crippen molar-refractivity contribution in [2.24, 2.45) is 0 Å². The van der Waals surface area contributed by atoms with Crippen molar-refractivity contribution in [2.45, 2.75) is 0 Å². The monoisotopic (exact) mass is 567 g/mol. The van der Waals surface area contributed by atoms with Crippen LogP contribution < -0.4 is 0 Å². The van der Waals surface area contributed by atoms with Crippen LogP contribution in [0.4, 0.5) is 0 Å². The van der Waals surface area contributed by atoms with E-state index in [-0.39, 0.29) is 75.7 Å². The zero-order valence-corrected chi connectivity index (χ0v) is 13.9. The molecule has 4 heavy (non-hydrogen) atoms. The normalized spacial score (nSPS) is 1.00. The third kappa shape index (κ3) is 8.83. The van der Waals surface area contributed by atoms with Crippen molar-refractivity contribution in [3.05, 3.63) is 0 Å². The van der Waals surface area contributed by atoms with Crippen molar-refractivity contribution in [3.63, 3.8) is 0 Å². The molecule has 0 bridgehead atoms. The molecule has 0 aromatic rings. The first-order valence-electron chi connectivity index (χ1n) is 0.183. The van der Waals surface area contributed by atoms with E-state index in [9.17, 15) is 0 Å². The first-order chi connectivity index (χ1) is 1.00. The van der Waals surface area contributed by atoms with Crippen molar-refractivity contribution in [1.82, 2.24) is 0 Å². The van der Waals surface area contributed by atoms with E-state index in [0.29, 0.717) is 0 Å². The van der Waals surface area contributed by atoms with Crippen molar-refractivity contribution in [3.8, 4) is 0 Å². The van der Waals surface area contributed by atoms with E-state index in [0.717, 1.165) is 0 Å². The van der Waals surface area contributed by atoms with Gasteiger partial charge < -0.3 is 0 Å². The summed E-state index contributed by atoms with van der Waals surface area (Å²) >= 11 is 0.194. The number of hydrogen-bond acceptors (Lipinski definition) is 1. The molecule has 0 aromatic carbocycles. The quantitative estimate of drug-likeness (QED) is 0.303. The summed E-state index contributed by atoms with van der Waals surface area (Å²) in [5, 5.41) is 0. The average Bonchev–Trinajstić information content (AvgIpc) is 1.00. The molecule has 0 fully saturated rings. The predicted octanol–water partition coefficient (Wildman–Crippen LogP) is -2.33. The SMILES string of the molecule is [O]=[Bi].[PbH2].[TeH2]. The van der Waals surface area contributed by atoms with Gasteiger partial charge in [-0.25, -0.2) is 0 Å². The van der Waals surface area contributed by atoms with Gasteiger partial charge in [-0.05, 0) is 0 Å². The minimum absolute atomic E-state index is 0. The maximum absolute atomic E-state index is 8.36. The van der Waals surface area contributed by atoms with Crippen LogP contribution in [-0.2, 0) is 2.81 Å². The second-order valence-electron chi connectivity index (χ2n) is 0. The average molecular weight is 564 g/mol. The van der Waals surface area contributed by atoms with Gasteiger partial charge in [0, 0.05) is 0 Å². The van der Waals surface area contributed by atoms with Crippen LogP contribution in [0, 0.1) is 0 Å². The molecule has 0 saturated heterocycles. The summed E-state index contributed by atoms with van der Waals surface area (Å²) in [5.74, 6) is 0. The fourth-order valence-electron chi connectivity index (χ4n) is 0. The van der Waals surface area contributed by atoms with Crippen molar-refractivity contribution >= 4 is 75.7 Å². The van der Waals surface area contributed by atoms with Gasteiger partial charge in [0.1, 0.15) is 0 Å². The Bertz CT molecular complexity index is 8.00. The van der Waals surface area contributed by atoms with Crippen LogP contribution in [-0.4, -0.2) is 75.7 Å². The second kappa shape index (κ2) is 18.2. The van der Waals surface area contributed by atoms with Gasteiger partial charge in [-0.1, -0.05) is 0 Å². The van der Waals surface area contributed by atoms with Gasteiger partial charge in [-0.15, -0.1) is 0 Å². The fourth-order valence-corrected chi connectivity index (χ4v) is 0. The summed E-state index contributed by atoms with van der Waals surface area (Å²) in [4.78, 5) is 0. The van der Waals surface area contributed by atoms with Gasteiger partial charge in [0.15, 0.2) is 0 Å². The van der Waals surface area contributed by atoms with Crippen LogP contribution in [0.2, 0.25) is 0 Å². The summed E-state index contributed by atoms with van der Waals surface area (Å²) in [5.41, 5.74) is 0. The number of rotatable bonds is 0. The summed E-state index contributed by atoms with van der Waals surface area (Å²) in [6.45, 7) is 0. The first kappa shape index (κ1) is 16.1. The molecule has 0 aliphatic carbocycles. The molecule has 3 radical (unpaired) electrons. The molecular weight excluding hydrogens is 560 g/mol. The molecule has 0 atom stereocenters. The molecule has 0 N–H and O–H groups in total. The maximum atomic E-state index is 8.36. The molecule has 0 aliphatic rings. The summed E-state index contributed by atoms with van der Waals surface area (Å²) in [7, 11) is 0. The van der Waals surface area contributed by atoms with Gasteiger partial charge in [0.05, 0.1) is 0 Å². The summed E-state index contributed by atoms with van der Waals surface area (Å²) in [6.07, 6.45) is 0. The van der Waals surface area contributed by atoms with Crippen molar-refractivity contribution in [1.29, 1.82) is 0 Å². The molecular formula is H4BiOPbTe. The molecule has 0 saturated carbocycles. The van der Waals surface area contributed by atoms with Crippen LogP contribution in [0.5, 0.6) is 0 Å². The third-order valence-corrected chi connectivity index (χ3v) is 0. The van der Waals surface area contributed by atoms with Gasteiger partial charge in [-0.3, -0.25) is 0 Å². The topological polar surface area (TPSA) is 17.1 Å². The van der Waals surface area contributed by atoms with Crippen LogP contribution in [0.25, 0.3) is 0 Å². The first-order valence-corrected chi connectivity index (χ1v) is 1.60. The Hall–Kier alpha value is 2.39. The van der Waals surface area contributed by atoms with E-state index in [1.165, 1.54) is 0 Å². The molecule has 0 spiro atoms. The molecule has 25 valence electrons. The Kier molecular flexibility index (Phi) is 73.4. The fraction of sp³-hybridized carbons (Fsp3) is 0. The molecule has 0 unspecified atom stereocenters. The third-order valence-electron chi connectivity index (χ3n) is 0. The van der Waals surface area contributed by atoms with Gasteiger partial charge in [-0.2, -0.15) is 0 Å². The molecule has 0 aromatic heterocycles. The molecule has 0 aliphatic heterocycles. The molecule has 0 amide bonds. The Labute approximate surface area is 77.1 Å². The minimum atomic E-state index is 0. The second-order valence-corrected chi connectivity index (χ2v) is 0. The van der Waals surface area contributed by atoms with E-state index in [4.69, 9.17) is 2.81 Å². The number of hydrogen-bond donors (Lipinski definition) is 0. The van der Waals surface area contributed by atoms with E-state index in [2.05, 4.69) is 0 Å². The Balaban J connectivity index is -0.00000000500. The molecule has 0 heterocycles. The molecule has 4 heteroatoms. The van der Waals surface area contributed by atoms with E-state index >= 15 is 0 Å². The summed E-state index contributed by atoms with van der Waals surface area (Å²) < 4.78 is 8.36. The van der Waals surface area contributed by atoms with Crippen LogP contribution >= 0.6 is 0 Å². The van der Waals surface area contributed by atoms with Crippen molar-refractivity contribution < 1.29 is 2.81 Å². The van der Waals surface area contributed by atoms with Crippen LogP contribution in [0.3, 0.4) is 0 Å². The van der Waals surface area contributed by atoms with Gasteiger partial charge in [0.2, 0.25) is 0 Å². The zero-order chi connectivity index (χ0) is 2.00. The molecule has 0 rings (SSSR count). The van der Waals surface area contributed by atoms with Crippen LogP contribution in [0.15, 0.2) is 0 Å². The van der Waals surface area contributed by atoms with E-state index in [1.807, 2.05) is 0 Å². The van der Waals surface area contributed by atoms with Crippen LogP contribution in [0.1, 0.15) is 0 Å². The van der Waals surface area contributed by atoms with E-state index < -0.39 is 0 Å². The molecule has 1 nitrogen and oxygen atoms in total.